The zero-order chi connectivity index (χ0) is 15.7. The fraction of sp³-hybridized carbons (Fsp3) is 0.118. The van der Waals surface area contributed by atoms with Gasteiger partial charge in [0.25, 0.3) is 5.56 Å². The van der Waals surface area contributed by atoms with Crippen molar-refractivity contribution in [2.24, 2.45) is 0 Å². The Kier molecular flexibility index (Phi) is 3.77. The van der Waals surface area contributed by atoms with Crippen molar-refractivity contribution in [3.05, 3.63) is 57.8 Å². The van der Waals surface area contributed by atoms with Crippen LogP contribution in [0.15, 0.2) is 47.3 Å². The van der Waals surface area contributed by atoms with E-state index in [0.717, 1.165) is 10.9 Å². The number of nitrogens with one attached hydrogen (secondary N) is 1. The lowest BCUT2D eigenvalue weighted by Gasteiger charge is -2.10. The number of rotatable bonds is 3. The summed E-state index contributed by atoms with van der Waals surface area (Å²) in [5, 5.41) is 1.44. The Morgan fingerprint density at radius 2 is 1.73 bits per heavy atom. The zero-order valence-electron chi connectivity index (χ0n) is 12.1. The fourth-order valence-corrected chi connectivity index (χ4v) is 2.59. The molecule has 0 aliphatic rings. The molecule has 3 aromatic rings. The molecule has 0 radical (unpaired) electrons. The van der Waals surface area contributed by atoms with E-state index in [0.29, 0.717) is 27.6 Å². The van der Waals surface area contributed by atoms with Crippen molar-refractivity contribution < 1.29 is 9.47 Å². The summed E-state index contributed by atoms with van der Waals surface area (Å²) in [6.07, 6.45) is 0. The van der Waals surface area contributed by atoms with Crippen molar-refractivity contribution >= 4 is 22.5 Å². The Bertz CT molecular complexity index is 902. The van der Waals surface area contributed by atoms with Crippen molar-refractivity contribution in [3.8, 4) is 22.6 Å². The average Bonchev–Trinajstić information content (AvgIpc) is 2.53. The van der Waals surface area contributed by atoms with Gasteiger partial charge in [0.05, 0.1) is 19.7 Å². The van der Waals surface area contributed by atoms with Gasteiger partial charge in [-0.15, -0.1) is 0 Å². The summed E-state index contributed by atoms with van der Waals surface area (Å²) >= 11 is 6.00. The van der Waals surface area contributed by atoms with Gasteiger partial charge in [0, 0.05) is 22.0 Å². The van der Waals surface area contributed by atoms with Crippen molar-refractivity contribution in [2.75, 3.05) is 14.2 Å². The molecule has 0 saturated heterocycles. The van der Waals surface area contributed by atoms with Gasteiger partial charge in [-0.05, 0) is 29.8 Å². The summed E-state index contributed by atoms with van der Waals surface area (Å²) in [4.78, 5) is 15.2. The molecule has 0 bridgehead atoms. The molecule has 0 atom stereocenters. The van der Waals surface area contributed by atoms with Crippen LogP contribution < -0.4 is 15.0 Å². The van der Waals surface area contributed by atoms with Crippen LogP contribution in [0.3, 0.4) is 0 Å². The summed E-state index contributed by atoms with van der Waals surface area (Å²) in [5.41, 5.74) is 1.84. The lowest BCUT2D eigenvalue weighted by Crippen LogP contribution is -2.08. The predicted octanol–water partition coefficient (Wildman–Crippen LogP) is 3.87. The molecule has 0 unspecified atom stereocenters. The van der Waals surface area contributed by atoms with E-state index in [2.05, 4.69) is 4.98 Å². The van der Waals surface area contributed by atoms with E-state index in [1.807, 2.05) is 24.3 Å². The molecular weight excluding hydrogens is 302 g/mol. The monoisotopic (exact) mass is 315 g/mol. The number of halogens is 1. The van der Waals surface area contributed by atoms with Crippen molar-refractivity contribution in [1.29, 1.82) is 0 Å². The van der Waals surface area contributed by atoms with Gasteiger partial charge in [-0.25, -0.2) is 0 Å². The molecule has 1 heterocycles. The second kappa shape index (κ2) is 5.73. The fourth-order valence-electron chi connectivity index (χ4n) is 2.40. The molecule has 0 spiro atoms. The zero-order valence-corrected chi connectivity index (χ0v) is 12.9. The molecule has 0 aliphatic carbocycles. The molecule has 0 fully saturated rings. The maximum atomic E-state index is 12.3. The largest absolute Gasteiger partial charge is 0.493 e. The molecule has 3 rings (SSSR count). The van der Waals surface area contributed by atoms with Crippen LogP contribution in [0.5, 0.6) is 11.5 Å². The second-order valence-corrected chi connectivity index (χ2v) is 5.25. The molecule has 1 N–H and O–H groups in total. The first-order valence-corrected chi connectivity index (χ1v) is 7.05. The molecule has 2 aromatic carbocycles. The number of ether oxygens (including phenoxy) is 2. The average molecular weight is 316 g/mol. The molecule has 5 heteroatoms. The summed E-state index contributed by atoms with van der Waals surface area (Å²) in [6.45, 7) is 0. The van der Waals surface area contributed by atoms with E-state index in [9.17, 15) is 4.79 Å². The maximum Gasteiger partial charge on any atom is 0.256 e. The highest BCUT2D eigenvalue weighted by Gasteiger charge is 2.10. The van der Waals surface area contributed by atoms with Crippen molar-refractivity contribution in [1.82, 2.24) is 4.98 Å². The van der Waals surface area contributed by atoms with E-state index >= 15 is 0 Å². The number of aromatic nitrogens is 1. The van der Waals surface area contributed by atoms with Gasteiger partial charge in [0.1, 0.15) is 0 Å². The van der Waals surface area contributed by atoms with Gasteiger partial charge >= 0.3 is 0 Å². The summed E-state index contributed by atoms with van der Waals surface area (Å²) in [5.74, 6) is 1.18. The number of aromatic amines is 1. The molecule has 0 saturated carbocycles. The smallest absolute Gasteiger partial charge is 0.256 e. The van der Waals surface area contributed by atoms with Crippen molar-refractivity contribution in [2.45, 2.75) is 0 Å². The lowest BCUT2D eigenvalue weighted by atomic mass is 10.0. The van der Waals surface area contributed by atoms with E-state index in [-0.39, 0.29) is 5.56 Å². The molecule has 1 aromatic heterocycles. The topological polar surface area (TPSA) is 51.3 Å². The van der Waals surface area contributed by atoms with Crippen LogP contribution in [0.1, 0.15) is 0 Å². The van der Waals surface area contributed by atoms with Crippen LogP contribution in [0.2, 0.25) is 5.02 Å². The van der Waals surface area contributed by atoms with Gasteiger partial charge in [0.15, 0.2) is 11.5 Å². The Morgan fingerprint density at radius 3 is 2.41 bits per heavy atom. The number of pyridine rings is 1. The van der Waals surface area contributed by atoms with Gasteiger partial charge in [-0.2, -0.15) is 0 Å². The minimum Gasteiger partial charge on any atom is -0.493 e. The summed E-state index contributed by atoms with van der Waals surface area (Å²) < 4.78 is 10.6. The second-order valence-electron chi connectivity index (χ2n) is 4.82. The van der Waals surface area contributed by atoms with E-state index in [1.54, 1.807) is 32.4 Å². The van der Waals surface area contributed by atoms with Crippen LogP contribution in [0.4, 0.5) is 0 Å². The third-order valence-electron chi connectivity index (χ3n) is 3.48. The lowest BCUT2D eigenvalue weighted by molar-refractivity contribution is 0.356. The van der Waals surface area contributed by atoms with Gasteiger partial charge in [-0.1, -0.05) is 23.7 Å². The van der Waals surface area contributed by atoms with Crippen LogP contribution in [0.25, 0.3) is 22.0 Å². The highest BCUT2D eigenvalue weighted by atomic mass is 35.5. The first-order valence-electron chi connectivity index (χ1n) is 6.67. The molecular formula is C17H14ClNO3. The number of methoxy groups -OCH3 is 2. The normalized spacial score (nSPS) is 10.7. The van der Waals surface area contributed by atoms with E-state index in [4.69, 9.17) is 21.1 Å². The standard InChI is InChI=1S/C17H14ClNO3/c1-21-15-8-11-7-13(10-4-3-5-12(18)6-10)17(20)19-14(11)9-16(15)22-2/h3-9H,1-2H3,(H,19,20). The Labute approximate surface area is 132 Å². The molecule has 22 heavy (non-hydrogen) atoms. The molecule has 112 valence electrons. The van der Waals surface area contributed by atoms with E-state index in [1.165, 1.54) is 0 Å². The third-order valence-corrected chi connectivity index (χ3v) is 3.72. The van der Waals surface area contributed by atoms with Crippen molar-refractivity contribution in [3.63, 3.8) is 0 Å². The van der Waals surface area contributed by atoms with Crippen LogP contribution in [-0.4, -0.2) is 19.2 Å². The van der Waals surface area contributed by atoms with Crippen LogP contribution in [-0.2, 0) is 0 Å². The SMILES string of the molecule is COc1cc2cc(-c3cccc(Cl)c3)c(=O)[nH]c2cc1OC. The van der Waals surface area contributed by atoms with Gasteiger partial charge in [-0.3, -0.25) is 4.79 Å². The number of hydrogen-bond acceptors (Lipinski definition) is 3. The highest BCUT2D eigenvalue weighted by Crippen LogP contribution is 2.32. The number of H-pyrrole nitrogens is 1. The van der Waals surface area contributed by atoms with Gasteiger partial charge in [0.2, 0.25) is 0 Å². The quantitative estimate of drug-likeness (QED) is 0.798. The van der Waals surface area contributed by atoms with E-state index < -0.39 is 0 Å². The Balaban J connectivity index is 2.25. The molecule has 0 aliphatic heterocycles. The number of hydrogen-bond donors (Lipinski definition) is 1. The number of benzene rings is 2. The van der Waals surface area contributed by atoms with Crippen LogP contribution >= 0.6 is 11.6 Å². The third kappa shape index (κ3) is 2.53. The minimum atomic E-state index is -0.179. The highest BCUT2D eigenvalue weighted by molar-refractivity contribution is 6.30. The minimum absolute atomic E-state index is 0.179. The maximum absolute atomic E-state index is 12.3. The molecule has 0 amide bonds. The molecule has 4 nitrogen and oxygen atoms in total. The van der Waals surface area contributed by atoms with Gasteiger partial charge < -0.3 is 14.5 Å². The Morgan fingerprint density at radius 1 is 1.00 bits per heavy atom. The number of fused-ring (bicyclic) bond motifs is 1. The Hall–Kier alpha value is -2.46. The summed E-state index contributed by atoms with van der Waals surface area (Å²) in [7, 11) is 3.13. The summed E-state index contributed by atoms with van der Waals surface area (Å²) in [6, 6.07) is 12.6. The first-order chi connectivity index (χ1) is 10.6. The first kappa shape index (κ1) is 14.5. The predicted molar refractivity (Wildman–Crippen MR) is 88.1 cm³/mol. The van der Waals surface area contributed by atoms with Crippen LogP contribution in [0, 0.1) is 0 Å².